The summed E-state index contributed by atoms with van der Waals surface area (Å²) in [5, 5.41) is 0. The second kappa shape index (κ2) is 8.20. The number of rotatable bonds is 2. The van der Waals surface area contributed by atoms with Crippen LogP contribution >= 0.6 is 0 Å². The number of carbonyl (C=O) groups excluding carboxylic acids is 2. The summed E-state index contributed by atoms with van der Waals surface area (Å²) in [5.74, 6) is 4.44. The van der Waals surface area contributed by atoms with E-state index in [0.717, 1.165) is 56.4 Å². The Kier molecular flexibility index (Phi) is 5.68. The third-order valence-corrected chi connectivity index (χ3v) is 12.8. The first-order chi connectivity index (χ1) is 16.6. The van der Waals surface area contributed by atoms with Crippen molar-refractivity contribution in [2.75, 3.05) is 6.54 Å². The van der Waals surface area contributed by atoms with Gasteiger partial charge in [0.2, 0.25) is 6.41 Å². The molecule has 2 saturated heterocycles. The van der Waals surface area contributed by atoms with Crippen LogP contribution in [-0.2, 0) is 19.1 Å². The zero-order valence-corrected chi connectivity index (χ0v) is 22.6. The zero-order chi connectivity index (χ0) is 24.8. The Morgan fingerprint density at radius 1 is 0.971 bits per heavy atom. The molecule has 6 rings (SSSR count). The lowest BCUT2D eigenvalue weighted by Crippen LogP contribution is -2.59. The lowest BCUT2D eigenvalue weighted by atomic mass is 9.44. The van der Waals surface area contributed by atoms with Crippen molar-refractivity contribution in [2.24, 2.45) is 52.3 Å². The van der Waals surface area contributed by atoms with Crippen LogP contribution < -0.4 is 0 Å². The number of hydrogen-bond donors (Lipinski definition) is 0. The minimum absolute atomic E-state index is 0.120. The number of ether oxygens (including phenoxy) is 2. The molecule has 1 amide bonds. The summed E-state index contributed by atoms with van der Waals surface area (Å²) >= 11 is 0. The maximum absolute atomic E-state index is 12.2. The minimum atomic E-state index is -0.368. The summed E-state index contributed by atoms with van der Waals surface area (Å²) < 4.78 is 12.7. The summed E-state index contributed by atoms with van der Waals surface area (Å²) in [6.45, 7) is 12.2. The highest BCUT2D eigenvalue weighted by Crippen LogP contribution is 2.71. The van der Waals surface area contributed by atoms with Crippen molar-refractivity contribution in [2.45, 2.75) is 117 Å². The molecular weight excluding hydrogens is 438 g/mol. The summed E-state index contributed by atoms with van der Waals surface area (Å²) in [7, 11) is 0. The normalized spacial score (nSPS) is 55.0. The van der Waals surface area contributed by atoms with Gasteiger partial charge in [-0.15, -0.1) is 0 Å². The third-order valence-electron chi connectivity index (χ3n) is 12.8. The van der Waals surface area contributed by atoms with Crippen molar-refractivity contribution in [1.29, 1.82) is 0 Å². The maximum atomic E-state index is 12.2. The molecule has 4 saturated carbocycles. The molecule has 2 aliphatic heterocycles. The Morgan fingerprint density at radius 3 is 2.49 bits per heavy atom. The van der Waals surface area contributed by atoms with Crippen LogP contribution in [0.15, 0.2) is 0 Å². The molecule has 5 unspecified atom stereocenters. The molecule has 2 heterocycles. The second-order valence-electron chi connectivity index (χ2n) is 14.2. The van der Waals surface area contributed by atoms with Gasteiger partial charge in [0.1, 0.15) is 11.8 Å². The molecule has 5 heteroatoms. The van der Waals surface area contributed by atoms with Crippen molar-refractivity contribution in [3.63, 3.8) is 0 Å². The van der Waals surface area contributed by atoms with Crippen molar-refractivity contribution >= 4 is 12.4 Å². The predicted octanol–water partition coefficient (Wildman–Crippen LogP) is 5.81. The van der Waals surface area contributed by atoms with Gasteiger partial charge in [0.25, 0.3) is 0 Å². The standard InChI is InChI=1S/C30H47NO4/c1-18-8-13-30(31(16-18)17-32)19(2)27-26(35-30)15-25-23-7-6-21-14-22(34-20(3)33)9-11-28(21,4)24(23)10-12-29(25,27)5/h17-19,21-27H,6-16H2,1-5H3/t18-,19-,21?,22+,23+,24?,25?,26?,27?,28-,29-,30-/m0/s1. The van der Waals surface area contributed by atoms with Crippen LogP contribution in [-0.4, -0.2) is 41.8 Å². The van der Waals surface area contributed by atoms with E-state index in [4.69, 9.17) is 9.47 Å². The van der Waals surface area contributed by atoms with E-state index in [2.05, 4.69) is 27.7 Å². The molecule has 0 N–H and O–H groups in total. The summed E-state index contributed by atoms with van der Waals surface area (Å²) in [4.78, 5) is 25.8. The van der Waals surface area contributed by atoms with Gasteiger partial charge in [0.15, 0.2) is 0 Å². The molecular formula is C30H47NO4. The Balaban J connectivity index is 1.23. The van der Waals surface area contributed by atoms with Crippen molar-refractivity contribution in [3.05, 3.63) is 0 Å². The number of carbonyl (C=O) groups is 2. The van der Waals surface area contributed by atoms with E-state index in [1.54, 1.807) is 6.92 Å². The molecule has 0 radical (unpaired) electrons. The number of piperidine rings is 1. The van der Waals surface area contributed by atoms with Crippen LogP contribution in [0.3, 0.4) is 0 Å². The molecule has 1 spiro atoms. The van der Waals surface area contributed by atoms with Crippen LogP contribution in [0.4, 0.5) is 0 Å². The SMILES string of the molecule is CC(=O)O[C@@H]1CC[C@@]2(C)C(CC[C@@H]3C2CC[C@@]2(C)C3CC3O[C@@]4(CC[C@H](C)CN4C=O)[C@@H](C)C32)C1. The Labute approximate surface area is 212 Å². The van der Waals surface area contributed by atoms with Crippen LogP contribution in [0.25, 0.3) is 0 Å². The average Bonchev–Trinajstić information content (AvgIpc) is 3.26. The number of likely N-dealkylation sites (tertiary alicyclic amines) is 1. The molecule has 6 fully saturated rings. The molecule has 0 aromatic rings. The van der Waals surface area contributed by atoms with E-state index < -0.39 is 0 Å². The largest absolute Gasteiger partial charge is 0.463 e. The van der Waals surface area contributed by atoms with E-state index in [-0.39, 0.29) is 17.8 Å². The van der Waals surface area contributed by atoms with Gasteiger partial charge in [-0.3, -0.25) is 9.59 Å². The summed E-state index contributed by atoms with van der Waals surface area (Å²) in [5.41, 5.74) is 0.345. The zero-order valence-electron chi connectivity index (χ0n) is 22.6. The van der Waals surface area contributed by atoms with E-state index in [9.17, 15) is 9.59 Å². The molecule has 0 aromatic heterocycles. The molecule has 35 heavy (non-hydrogen) atoms. The van der Waals surface area contributed by atoms with E-state index in [0.29, 0.717) is 40.6 Å². The highest BCUT2D eigenvalue weighted by molar-refractivity contribution is 5.66. The number of nitrogens with zero attached hydrogens (tertiary/aromatic N) is 1. The lowest BCUT2D eigenvalue weighted by molar-refractivity contribution is -0.194. The third kappa shape index (κ3) is 3.35. The maximum Gasteiger partial charge on any atom is 0.302 e. The van der Waals surface area contributed by atoms with Gasteiger partial charge < -0.3 is 14.4 Å². The average molecular weight is 486 g/mol. The van der Waals surface area contributed by atoms with E-state index in [1.165, 1.54) is 38.5 Å². The molecule has 196 valence electrons. The molecule has 12 atom stereocenters. The summed E-state index contributed by atoms with van der Waals surface area (Å²) in [6, 6.07) is 0. The van der Waals surface area contributed by atoms with Crippen LogP contribution in [0, 0.1) is 52.3 Å². The number of amides is 1. The minimum Gasteiger partial charge on any atom is -0.463 e. The smallest absolute Gasteiger partial charge is 0.302 e. The molecule has 6 aliphatic rings. The van der Waals surface area contributed by atoms with Gasteiger partial charge in [-0.25, -0.2) is 0 Å². The summed E-state index contributed by atoms with van der Waals surface area (Å²) in [6.07, 6.45) is 13.4. The molecule has 5 nitrogen and oxygen atoms in total. The predicted molar refractivity (Wildman–Crippen MR) is 134 cm³/mol. The second-order valence-corrected chi connectivity index (χ2v) is 14.2. The molecule has 4 aliphatic carbocycles. The van der Waals surface area contributed by atoms with E-state index in [1.807, 2.05) is 4.90 Å². The monoisotopic (exact) mass is 485 g/mol. The van der Waals surface area contributed by atoms with E-state index >= 15 is 0 Å². The Bertz CT molecular complexity index is 876. The highest BCUT2D eigenvalue weighted by Gasteiger charge is 2.69. The molecule has 0 aromatic carbocycles. The van der Waals surface area contributed by atoms with Crippen LogP contribution in [0.5, 0.6) is 0 Å². The topological polar surface area (TPSA) is 55.8 Å². The Hall–Kier alpha value is -1.10. The first-order valence-corrected chi connectivity index (χ1v) is 14.7. The van der Waals surface area contributed by atoms with Gasteiger partial charge in [0, 0.05) is 19.4 Å². The first kappa shape index (κ1) is 24.2. The quantitative estimate of drug-likeness (QED) is 0.366. The van der Waals surface area contributed by atoms with Crippen LogP contribution in [0.2, 0.25) is 0 Å². The highest BCUT2D eigenvalue weighted by atomic mass is 16.5. The number of fused-ring (bicyclic) bond motifs is 7. The first-order valence-electron chi connectivity index (χ1n) is 14.7. The van der Waals surface area contributed by atoms with Gasteiger partial charge in [-0.1, -0.05) is 27.7 Å². The van der Waals surface area contributed by atoms with Crippen molar-refractivity contribution in [3.8, 4) is 0 Å². The number of esters is 1. The fourth-order valence-electron chi connectivity index (χ4n) is 11.2. The van der Waals surface area contributed by atoms with Gasteiger partial charge >= 0.3 is 5.97 Å². The van der Waals surface area contributed by atoms with Crippen molar-refractivity contribution < 1.29 is 19.1 Å². The van der Waals surface area contributed by atoms with Crippen LogP contribution in [0.1, 0.15) is 98.8 Å². The van der Waals surface area contributed by atoms with Gasteiger partial charge in [0.05, 0.1) is 6.10 Å². The van der Waals surface area contributed by atoms with Gasteiger partial charge in [-0.05, 0) is 111 Å². The van der Waals surface area contributed by atoms with Gasteiger partial charge in [-0.2, -0.15) is 0 Å². The fourth-order valence-corrected chi connectivity index (χ4v) is 11.2. The number of hydrogen-bond acceptors (Lipinski definition) is 4. The lowest BCUT2D eigenvalue weighted by Gasteiger charge is -2.61. The fraction of sp³-hybridized carbons (Fsp3) is 0.933. The molecule has 0 bridgehead atoms. The Morgan fingerprint density at radius 2 is 1.74 bits per heavy atom. The van der Waals surface area contributed by atoms with Crippen molar-refractivity contribution in [1.82, 2.24) is 4.90 Å².